The van der Waals surface area contributed by atoms with Crippen LogP contribution >= 0.6 is 0 Å². The molecule has 0 aliphatic carbocycles. The van der Waals surface area contributed by atoms with Crippen molar-refractivity contribution < 1.29 is 22.8 Å². The van der Waals surface area contributed by atoms with Gasteiger partial charge < -0.3 is 10.6 Å². The molecule has 132 valence electrons. The fraction of sp³-hybridized carbons (Fsp3) is 0.176. The van der Waals surface area contributed by atoms with E-state index in [9.17, 15) is 22.8 Å². The van der Waals surface area contributed by atoms with Crippen LogP contribution in [0, 0.1) is 17.5 Å². The number of benzene rings is 2. The lowest BCUT2D eigenvalue weighted by atomic mass is 10.1. The van der Waals surface area contributed by atoms with Crippen molar-refractivity contribution in [3.05, 3.63) is 65.5 Å². The summed E-state index contributed by atoms with van der Waals surface area (Å²) in [4.78, 5) is 23.4. The number of halogens is 3. The second-order valence-corrected chi connectivity index (χ2v) is 5.26. The number of para-hydroxylation sites is 1. The van der Waals surface area contributed by atoms with E-state index in [2.05, 4.69) is 10.6 Å². The van der Waals surface area contributed by atoms with Gasteiger partial charge in [-0.3, -0.25) is 10.1 Å². The highest BCUT2D eigenvalue weighted by atomic mass is 19.2. The highest BCUT2D eigenvalue weighted by Gasteiger charge is 2.13. The van der Waals surface area contributed by atoms with Gasteiger partial charge in [-0.1, -0.05) is 18.2 Å². The monoisotopic (exact) mass is 351 g/mol. The predicted octanol–water partition coefficient (Wildman–Crippen LogP) is 3.10. The summed E-state index contributed by atoms with van der Waals surface area (Å²) >= 11 is 0. The molecule has 0 saturated carbocycles. The van der Waals surface area contributed by atoms with Gasteiger partial charge in [-0.15, -0.1) is 0 Å². The summed E-state index contributed by atoms with van der Waals surface area (Å²) in [6, 6.07) is 7.59. The summed E-state index contributed by atoms with van der Waals surface area (Å²) in [6.07, 6.45) is 0. The summed E-state index contributed by atoms with van der Waals surface area (Å²) in [5.74, 6) is -3.24. The maximum atomic E-state index is 13.4. The molecule has 0 spiro atoms. The van der Waals surface area contributed by atoms with Gasteiger partial charge in [0, 0.05) is 6.04 Å². The predicted molar refractivity (Wildman–Crippen MR) is 86.3 cm³/mol. The third kappa shape index (κ3) is 5.32. The Balaban J connectivity index is 1.82. The average Bonchev–Trinajstić information content (AvgIpc) is 2.57. The molecule has 0 fully saturated rings. The Kier molecular flexibility index (Phi) is 6.13. The van der Waals surface area contributed by atoms with Crippen LogP contribution in [0.1, 0.15) is 18.5 Å². The number of rotatable bonds is 5. The van der Waals surface area contributed by atoms with Crippen molar-refractivity contribution in [2.45, 2.75) is 13.0 Å². The quantitative estimate of drug-likeness (QED) is 0.775. The number of amides is 3. The topological polar surface area (TPSA) is 70.2 Å². The summed E-state index contributed by atoms with van der Waals surface area (Å²) < 4.78 is 39.5. The van der Waals surface area contributed by atoms with Crippen LogP contribution in [0.3, 0.4) is 0 Å². The van der Waals surface area contributed by atoms with Crippen molar-refractivity contribution in [1.29, 1.82) is 0 Å². The minimum absolute atomic E-state index is 0.0593. The maximum absolute atomic E-state index is 13.4. The third-order valence-corrected chi connectivity index (χ3v) is 3.39. The van der Waals surface area contributed by atoms with Crippen LogP contribution in [0.15, 0.2) is 42.5 Å². The smallest absolute Gasteiger partial charge is 0.305 e. The Labute approximate surface area is 142 Å². The van der Waals surface area contributed by atoms with E-state index in [-0.39, 0.29) is 12.2 Å². The summed E-state index contributed by atoms with van der Waals surface area (Å²) in [5, 5.41) is 7.01. The molecular formula is C17H16F3N3O2. The minimum Gasteiger partial charge on any atom is -0.305 e. The van der Waals surface area contributed by atoms with Crippen LogP contribution in [0.4, 0.5) is 23.7 Å². The first-order valence-electron chi connectivity index (χ1n) is 7.40. The van der Waals surface area contributed by atoms with Gasteiger partial charge in [-0.25, -0.2) is 18.0 Å². The van der Waals surface area contributed by atoms with Crippen LogP contribution in [0.2, 0.25) is 0 Å². The fourth-order valence-electron chi connectivity index (χ4n) is 2.03. The van der Waals surface area contributed by atoms with E-state index in [0.29, 0.717) is 5.56 Å². The van der Waals surface area contributed by atoms with E-state index < -0.39 is 35.4 Å². The molecule has 0 aliphatic rings. The first-order valence-corrected chi connectivity index (χ1v) is 7.40. The minimum atomic E-state index is -0.986. The second-order valence-electron chi connectivity index (χ2n) is 5.26. The Morgan fingerprint density at radius 2 is 1.72 bits per heavy atom. The number of anilines is 1. The molecule has 0 unspecified atom stereocenters. The summed E-state index contributed by atoms with van der Waals surface area (Å²) in [5.41, 5.74) is 0.387. The van der Waals surface area contributed by atoms with Gasteiger partial charge in [-0.05, 0) is 36.8 Å². The largest absolute Gasteiger partial charge is 0.326 e. The normalized spacial score (nSPS) is 11.7. The zero-order valence-corrected chi connectivity index (χ0v) is 13.3. The fourth-order valence-corrected chi connectivity index (χ4v) is 2.03. The Morgan fingerprint density at radius 1 is 1.00 bits per heavy atom. The van der Waals surface area contributed by atoms with Crippen molar-refractivity contribution in [2.24, 2.45) is 0 Å². The van der Waals surface area contributed by atoms with Gasteiger partial charge >= 0.3 is 6.03 Å². The van der Waals surface area contributed by atoms with E-state index in [4.69, 9.17) is 0 Å². The van der Waals surface area contributed by atoms with Crippen molar-refractivity contribution in [1.82, 2.24) is 10.6 Å². The van der Waals surface area contributed by atoms with Crippen molar-refractivity contribution in [3.63, 3.8) is 0 Å². The molecule has 2 aromatic rings. The summed E-state index contributed by atoms with van der Waals surface area (Å²) in [6.45, 7) is 1.41. The molecule has 1 atom stereocenters. The standard InChI is InChI=1S/C17H16F3N3O2/c1-10(11-6-7-12(18)14(20)8-11)21-9-16(24)23-17(25)22-15-5-3-2-4-13(15)19/h2-8,10,21H,9H2,1H3,(H2,22,23,24,25)/t10-/m0/s1. The van der Waals surface area contributed by atoms with Gasteiger partial charge in [0.1, 0.15) is 5.82 Å². The Hall–Kier alpha value is -2.87. The van der Waals surface area contributed by atoms with Gasteiger partial charge in [0.05, 0.1) is 12.2 Å². The SMILES string of the molecule is C[C@H](NCC(=O)NC(=O)Nc1ccccc1F)c1ccc(F)c(F)c1. The lowest BCUT2D eigenvalue weighted by Crippen LogP contribution is -2.40. The molecule has 2 aromatic carbocycles. The van der Waals surface area contributed by atoms with Crippen molar-refractivity contribution >= 4 is 17.6 Å². The average molecular weight is 351 g/mol. The molecule has 2 rings (SSSR count). The molecule has 0 aliphatic heterocycles. The number of nitrogens with one attached hydrogen (secondary N) is 3. The van der Waals surface area contributed by atoms with Crippen LogP contribution in [-0.4, -0.2) is 18.5 Å². The highest BCUT2D eigenvalue weighted by Crippen LogP contribution is 2.15. The van der Waals surface area contributed by atoms with Gasteiger partial charge in [0.2, 0.25) is 5.91 Å². The highest BCUT2D eigenvalue weighted by molar-refractivity contribution is 6.01. The van der Waals surface area contributed by atoms with Crippen LogP contribution in [0.25, 0.3) is 0 Å². The molecular weight excluding hydrogens is 335 g/mol. The number of hydrogen-bond acceptors (Lipinski definition) is 3. The molecule has 0 bridgehead atoms. The molecule has 0 radical (unpaired) electrons. The number of imide groups is 1. The van der Waals surface area contributed by atoms with Crippen LogP contribution in [0.5, 0.6) is 0 Å². The number of hydrogen-bond donors (Lipinski definition) is 3. The van der Waals surface area contributed by atoms with E-state index in [1.165, 1.54) is 30.3 Å². The first-order chi connectivity index (χ1) is 11.9. The molecule has 0 heterocycles. The molecule has 3 N–H and O–H groups in total. The lowest BCUT2D eigenvalue weighted by molar-refractivity contribution is -0.119. The lowest BCUT2D eigenvalue weighted by Gasteiger charge is -2.14. The van der Waals surface area contributed by atoms with Crippen molar-refractivity contribution in [3.8, 4) is 0 Å². The number of urea groups is 1. The number of carbonyl (C=O) groups is 2. The first kappa shape index (κ1) is 18.5. The van der Waals surface area contributed by atoms with E-state index in [1.807, 2.05) is 5.32 Å². The molecule has 8 heteroatoms. The number of carbonyl (C=O) groups excluding carboxylic acids is 2. The van der Waals surface area contributed by atoms with Crippen LogP contribution in [-0.2, 0) is 4.79 Å². The van der Waals surface area contributed by atoms with Gasteiger partial charge in [-0.2, -0.15) is 0 Å². The van der Waals surface area contributed by atoms with Gasteiger partial charge in [0.15, 0.2) is 11.6 Å². The molecule has 5 nitrogen and oxygen atoms in total. The van der Waals surface area contributed by atoms with E-state index >= 15 is 0 Å². The van der Waals surface area contributed by atoms with Crippen molar-refractivity contribution in [2.75, 3.05) is 11.9 Å². The Bertz CT molecular complexity index is 783. The maximum Gasteiger partial charge on any atom is 0.326 e. The molecule has 0 aromatic heterocycles. The van der Waals surface area contributed by atoms with E-state index in [1.54, 1.807) is 6.92 Å². The molecule has 0 saturated heterocycles. The zero-order valence-electron chi connectivity index (χ0n) is 13.3. The van der Waals surface area contributed by atoms with Gasteiger partial charge in [0.25, 0.3) is 0 Å². The molecule has 25 heavy (non-hydrogen) atoms. The Morgan fingerprint density at radius 3 is 2.40 bits per heavy atom. The molecule has 3 amide bonds. The zero-order chi connectivity index (χ0) is 18.4. The van der Waals surface area contributed by atoms with E-state index in [0.717, 1.165) is 12.1 Å². The summed E-state index contributed by atoms with van der Waals surface area (Å²) in [7, 11) is 0. The third-order valence-electron chi connectivity index (χ3n) is 3.39. The van der Waals surface area contributed by atoms with Crippen LogP contribution < -0.4 is 16.0 Å². The second kappa shape index (κ2) is 8.29.